The number of benzene rings is 2. The Morgan fingerprint density at radius 2 is 1.89 bits per heavy atom. The maximum atomic E-state index is 11.5. The first kappa shape index (κ1) is 13.2. The molecule has 0 unspecified atom stereocenters. The highest BCUT2D eigenvalue weighted by atomic mass is 35.5. The molecule has 0 aliphatic heterocycles. The summed E-state index contributed by atoms with van der Waals surface area (Å²) in [6, 6.07) is 12.5. The standard InChI is InChI=1S/C14H14ClN3O/c1-17-14(19)9-6-7-13(11(16)8-9)18-12-5-3-2-4-10(12)15/h2-8,18H,16H2,1H3,(H,17,19). The van der Waals surface area contributed by atoms with E-state index >= 15 is 0 Å². The average Bonchev–Trinajstić information content (AvgIpc) is 2.42. The van der Waals surface area contributed by atoms with Gasteiger partial charge < -0.3 is 16.4 Å². The third kappa shape index (κ3) is 2.98. The highest BCUT2D eigenvalue weighted by Crippen LogP contribution is 2.28. The second-order valence-electron chi connectivity index (χ2n) is 3.99. The highest BCUT2D eigenvalue weighted by molar-refractivity contribution is 6.33. The molecule has 0 bridgehead atoms. The molecule has 0 aliphatic rings. The van der Waals surface area contributed by atoms with Gasteiger partial charge in [-0.25, -0.2) is 0 Å². The van der Waals surface area contributed by atoms with Crippen LogP contribution in [0.25, 0.3) is 0 Å². The Balaban J connectivity index is 2.27. The van der Waals surface area contributed by atoms with Crippen LogP contribution in [0.15, 0.2) is 42.5 Å². The first-order chi connectivity index (χ1) is 9.11. The highest BCUT2D eigenvalue weighted by Gasteiger charge is 2.07. The number of anilines is 3. The minimum absolute atomic E-state index is 0.170. The smallest absolute Gasteiger partial charge is 0.251 e. The summed E-state index contributed by atoms with van der Waals surface area (Å²) >= 11 is 6.06. The lowest BCUT2D eigenvalue weighted by Crippen LogP contribution is -2.17. The molecule has 0 spiro atoms. The Bertz CT molecular complexity index is 613. The molecule has 1 amide bonds. The molecule has 2 aromatic carbocycles. The summed E-state index contributed by atoms with van der Waals surface area (Å²) in [7, 11) is 1.58. The molecule has 0 fully saturated rings. The molecule has 0 heterocycles. The van der Waals surface area contributed by atoms with Gasteiger partial charge >= 0.3 is 0 Å². The molecule has 4 N–H and O–H groups in total. The van der Waals surface area contributed by atoms with E-state index in [0.29, 0.717) is 22.0 Å². The number of nitrogens with two attached hydrogens (primary N) is 1. The molecule has 5 heteroatoms. The first-order valence-electron chi connectivity index (χ1n) is 5.75. The van der Waals surface area contributed by atoms with Crippen molar-refractivity contribution in [2.75, 3.05) is 18.1 Å². The van der Waals surface area contributed by atoms with Crippen molar-refractivity contribution in [1.82, 2.24) is 5.32 Å². The van der Waals surface area contributed by atoms with Gasteiger partial charge in [-0.05, 0) is 30.3 Å². The molecule has 98 valence electrons. The van der Waals surface area contributed by atoms with E-state index in [9.17, 15) is 4.79 Å². The van der Waals surface area contributed by atoms with Gasteiger partial charge in [0.05, 0.1) is 22.1 Å². The monoisotopic (exact) mass is 275 g/mol. The molecule has 0 saturated heterocycles. The Hall–Kier alpha value is -2.20. The predicted molar refractivity (Wildman–Crippen MR) is 79.0 cm³/mol. The van der Waals surface area contributed by atoms with E-state index < -0.39 is 0 Å². The summed E-state index contributed by atoms with van der Waals surface area (Å²) < 4.78 is 0. The SMILES string of the molecule is CNC(=O)c1ccc(Nc2ccccc2Cl)c(N)c1. The van der Waals surface area contributed by atoms with Crippen molar-refractivity contribution < 1.29 is 4.79 Å². The van der Waals surface area contributed by atoms with Crippen molar-refractivity contribution in [3.63, 3.8) is 0 Å². The number of nitrogen functional groups attached to an aromatic ring is 1. The number of carbonyl (C=O) groups excluding carboxylic acids is 1. The second-order valence-corrected chi connectivity index (χ2v) is 4.39. The van der Waals surface area contributed by atoms with E-state index in [4.69, 9.17) is 17.3 Å². The van der Waals surface area contributed by atoms with Crippen LogP contribution in [0.2, 0.25) is 5.02 Å². The van der Waals surface area contributed by atoms with Gasteiger partial charge in [0.2, 0.25) is 0 Å². The first-order valence-corrected chi connectivity index (χ1v) is 6.13. The van der Waals surface area contributed by atoms with Crippen molar-refractivity contribution in [1.29, 1.82) is 0 Å². The Morgan fingerprint density at radius 3 is 2.53 bits per heavy atom. The van der Waals surface area contributed by atoms with Gasteiger partial charge in [0, 0.05) is 12.6 Å². The van der Waals surface area contributed by atoms with E-state index in [1.54, 1.807) is 31.3 Å². The Labute approximate surface area is 116 Å². The Kier molecular flexibility index (Phi) is 3.92. The molecular formula is C14H14ClN3O. The number of nitrogens with one attached hydrogen (secondary N) is 2. The van der Waals surface area contributed by atoms with Crippen molar-refractivity contribution in [2.45, 2.75) is 0 Å². The lowest BCUT2D eigenvalue weighted by atomic mass is 10.1. The molecule has 0 aromatic heterocycles. The average molecular weight is 276 g/mol. The molecular weight excluding hydrogens is 262 g/mol. The molecule has 19 heavy (non-hydrogen) atoms. The van der Waals surface area contributed by atoms with Crippen molar-refractivity contribution in [3.8, 4) is 0 Å². The second kappa shape index (κ2) is 5.63. The maximum Gasteiger partial charge on any atom is 0.251 e. The van der Waals surface area contributed by atoms with Crippen LogP contribution >= 0.6 is 11.6 Å². The molecule has 0 radical (unpaired) electrons. The molecule has 4 nitrogen and oxygen atoms in total. The molecule has 0 saturated carbocycles. The number of para-hydroxylation sites is 1. The number of amides is 1. The van der Waals surface area contributed by atoms with Crippen molar-refractivity contribution >= 4 is 34.6 Å². The van der Waals surface area contributed by atoms with Gasteiger partial charge in [-0.2, -0.15) is 0 Å². The zero-order valence-electron chi connectivity index (χ0n) is 10.4. The van der Waals surface area contributed by atoms with Crippen LogP contribution in [0, 0.1) is 0 Å². The van der Waals surface area contributed by atoms with Crippen LogP contribution in [0.3, 0.4) is 0 Å². The van der Waals surface area contributed by atoms with Gasteiger partial charge in [-0.3, -0.25) is 4.79 Å². The van der Waals surface area contributed by atoms with Crippen molar-refractivity contribution in [2.24, 2.45) is 0 Å². The summed E-state index contributed by atoms with van der Waals surface area (Å²) in [5.74, 6) is -0.170. The fourth-order valence-corrected chi connectivity index (χ4v) is 1.85. The zero-order chi connectivity index (χ0) is 13.8. The van der Waals surface area contributed by atoms with Crippen LogP contribution in [-0.2, 0) is 0 Å². The fourth-order valence-electron chi connectivity index (χ4n) is 1.67. The number of rotatable bonds is 3. The van der Waals surface area contributed by atoms with E-state index in [1.165, 1.54) is 0 Å². The van der Waals surface area contributed by atoms with Gasteiger partial charge in [0.25, 0.3) is 5.91 Å². The van der Waals surface area contributed by atoms with Gasteiger partial charge in [-0.1, -0.05) is 23.7 Å². The molecule has 0 aliphatic carbocycles. The normalized spacial score (nSPS) is 10.0. The van der Waals surface area contributed by atoms with E-state index in [-0.39, 0.29) is 5.91 Å². The summed E-state index contributed by atoms with van der Waals surface area (Å²) in [5.41, 5.74) is 8.41. The summed E-state index contributed by atoms with van der Waals surface area (Å²) in [6.07, 6.45) is 0. The summed E-state index contributed by atoms with van der Waals surface area (Å²) in [6.45, 7) is 0. The van der Waals surface area contributed by atoms with Gasteiger partial charge in [0.1, 0.15) is 0 Å². The lowest BCUT2D eigenvalue weighted by molar-refractivity contribution is 0.0963. The van der Waals surface area contributed by atoms with Crippen LogP contribution in [0.1, 0.15) is 10.4 Å². The summed E-state index contributed by atoms with van der Waals surface area (Å²) in [5, 5.41) is 6.30. The zero-order valence-corrected chi connectivity index (χ0v) is 11.2. The van der Waals surface area contributed by atoms with E-state index in [2.05, 4.69) is 10.6 Å². The number of halogens is 1. The number of carbonyl (C=O) groups is 1. The van der Waals surface area contributed by atoms with Crippen LogP contribution in [-0.4, -0.2) is 13.0 Å². The topological polar surface area (TPSA) is 67.2 Å². The lowest BCUT2D eigenvalue weighted by Gasteiger charge is -2.11. The summed E-state index contributed by atoms with van der Waals surface area (Å²) in [4.78, 5) is 11.5. The number of hydrogen-bond acceptors (Lipinski definition) is 3. The van der Waals surface area contributed by atoms with E-state index in [1.807, 2.05) is 18.2 Å². The van der Waals surface area contributed by atoms with Gasteiger partial charge in [0.15, 0.2) is 0 Å². The number of hydrogen-bond donors (Lipinski definition) is 3. The van der Waals surface area contributed by atoms with Crippen molar-refractivity contribution in [3.05, 3.63) is 53.1 Å². The minimum atomic E-state index is -0.170. The Morgan fingerprint density at radius 1 is 1.16 bits per heavy atom. The third-order valence-corrected chi connectivity index (χ3v) is 3.01. The predicted octanol–water partition coefficient (Wildman–Crippen LogP) is 3.03. The maximum absolute atomic E-state index is 11.5. The van der Waals surface area contributed by atoms with Crippen LogP contribution in [0.4, 0.5) is 17.1 Å². The largest absolute Gasteiger partial charge is 0.397 e. The van der Waals surface area contributed by atoms with E-state index in [0.717, 1.165) is 5.69 Å². The minimum Gasteiger partial charge on any atom is -0.397 e. The third-order valence-electron chi connectivity index (χ3n) is 2.68. The van der Waals surface area contributed by atoms with Crippen LogP contribution in [0.5, 0.6) is 0 Å². The quantitative estimate of drug-likeness (QED) is 0.754. The molecule has 2 aromatic rings. The van der Waals surface area contributed by atoms with Crippen LogP contribution < -0.4 is 16.4 Å². The fraction of sp³-hybridized carbons (Fsp3) is 0.0714. The van der Waals surface area contributed by atoms with Gasteiger partial charge in [-0.15, -0.1) is 0 Å². The molecule has 0 atom stereocenters. The molecule has 2 rings (SSSR count).